The van der Waals surface area contributed by atoms with Gasteiger partial charge < -0.3 is 20.7 Å². The van der Waals surface area contributed by atoms with Gasteiger partial charge in [-0.3, -0.25) is 4.79 Å². The predicted octanol–water partition coefficient (Wildman–Crippen LogP) is -0.582. The van der Waals surface area contributed by atoms with Gasteiger partial charge in [-0.15, -0.1) is 0 Å². The number of nitrogens with two attached hydrogens (primary N) is 1. The molecule has 0 aliphatic heterocycles. The summed E-state index contributed by atoms with van der Waals surface area (Å²) in [6, 6.07) is -0.397. The smallest absolute Gasteiger partial charge is 0.236 e. The van der Waals surface area contributed by atoms with Crippen molar-refractivity contribution in [3.63, 3.8) is 0 Å². The summed E-state index contributed by atoms with van der Waals surface area (Å²) in [6.45, 7) is 4.53. The van der Waals surface area contributed by atoms with E-state index in [4.69, 9.17) is 10.5 Å². The van der Waals surface area contributed by atoms with E-state index in [-0.39, 0.29) is 5.91 Å². The lowest BCUT2D eigenvalue weighted by Gasteiger charge is -2.11. The van der Waals surface area contributed by atoms with Gasteiger partial charge in [0.1, 0.15) is 0 Å². The second-order valence-electron chi connectivity index (χ2n) is 3.72. The lowest BCUT2D eigenvalue weighted by Crippen LogP contribution is -2.41. The van der Waals surface area contributed by atoms with Crippen LogP contribution in [0.2, 0.25) is 0 Å². The molecule has 0 fully saturated rings. The third kappa shape index (κ3) is 8.35. The number of amides is 1. The molecule has 0 aromatic carbocycles. The van der Waals surface area contributed by atoms with Crippen LogP contribution < -0.4 is 11.1 Å². The van der Waals surface area contributed by atoms with Crippen molar-refractivity contribution in [1.82, 2.24) is 10.2 Å². The second kappa shape index (κ2) is 8.64. The van der Waals surface area contributed by atoms with Crippen LogP contribution in [0.15, 0.2) is 0 Å². The SMILES string of the molecule is CCC(N)C(=O)NCCOCCN(C)C. The van der Waals surface area contributed by atoms with Crippen molar-refractivity contribution >= 4 is 5.91 Å². The van der Waals surface area contributed by atoms with Gasteiger partial charge in [-0.2, -0.15) is 0 Å². The molecule has 0 aliphatic carbocycles. The number of nitrogens with one attached hydrogen (secondary N) is 1. The van der Waals surface area contributed by atoms with Gasteiger partial charge in [0.2, 0.25) is 5.91 Å². The molecule has 1 amide bonds. The van der Waals surface area contributed by atoms with Gasteiger partial charge in [0.05, 0.1) is 19.3 Å². The summed E-state index contributed by atoms with van der Waals surface area (Å²) in [6.07, 6.45) is 0.660. The summed E-state index contributed by atoms with van der Waals surface area (Å²) in [5.41, 5.74) is 5.54. The molecule has 0 saturated heterocycles. The first-order chi connectivity index (χ1) is 7.07. The van der Waals surface area contributed by atoms with E-state index in [1.807, 2.05) is 25.9 Å². The molecule has 0 rings (SSSR count). The molecule has 3 N–H and O–H groups in total. The maximum absolute atomic E-state index is 11.2. The molecule has 0 bridgehead atoms. The quantitative estimate of drug-likeness (QED) is 0.534. The van der Waals surface area contributed by atoms with Crippen LogP contribution in [0.25, 0.3) is 0 Å². The molecule has 0 heterocycles. The third-order valence-corrected chi connectivity index (χ3v) is 2.01. The maximum atomic E-state index is 11.2. The van der Waals surface area contributed by atoms with Crippen LogP contribution in [-0.2, 0) is 9.53 Å². The number of hydrogen-bond acceptors (Lipinski definition) is 4. The maximum Gasteiger partial charge on any atom is 0.236 e. The molecule has 0 saturated carbocycles. The molecule has 90 valence electrons. The first-order valence-electron chi connectivity index (χ1n) is 5.33. The van der Waals surface area contributed by atoms with E-state index >= 15 is 0 Å². The number of carbonyl (C=O) groups excluding carboxylic acids is 1. The Morgan fingerprint density at radius 3 is 2.67 bits per heavy atom. The molecular formula is C10H23N3O2. The first-order valence-corrected chi connectivity index (χ1v) is 5.33. The molecule has 0 aromatic rings. The lowest BCUT2D eigenvalue weighted by molar-refractivity contribution is -0.122. The predicted molar refractivity (Wildman–Crippen MR) is 60.6 cm³/mol. The Morgan fingerprint density at radius 2 is 2.13 bits per heavy atom. The van der Waals surface area contributed by atoms with Crippen molar-refractivity contribution < 1.29 is 9.53 Å². The highest BCUT2D eigenvalue weighted by molar-refractivity contribution is 5.81. The number of carbonyl (C=O) groups is 1. The van der Waals surface area contributed by atoms with Crippen molar-refractivity contribution in [2.24, 2.45) is 5.73 Å². The minimum Gasteiger partial charge on any atom is -0.378 e. The minimum absolute atomic E-state index is 0.103. The summed E-state index contributed by atoms with van der Waals surface area (Å²) in [4.78, 5) is 13.3. The number of hydrogen-bond donors (Lipinski definition) is 2. The summed E-state index contributed by atoms with van der Waals surface area (Å²) in [5.74, 6) is -0.103. The van der Waals surface area contributed by atoms with Crippen LogP contribution in [-0.4, -0.2) is 57.2 Å². The molecular weight excluding hydrogens is 194 g/mol. The molecule has 1 unspecified atom stereocenters. The van der Waals surface area contributed by atoms with Crippen LogP contribution in [0.4, 0.5) is 0 Å². The molecule has 0 aliphatic rings. The summed E-state index contributed by atoms with van der Waals surface area (Å²) >= 11 is 0. The highest BCUT2D eigenvalue weighted by Gasteiger charge is 2.08. The standard InChI is InChI=1S/C10H23N3O2/c1-4-9(11)10(14)12-5-7-15-8-6-13(2)3/h9H,4-8,11H2,1-3H3,(H,12,14). The zero-order chi connectivity index (χ0) is 11.7. The van der Waals surface area contributed by atoms with E-state index in [0.717, 1.165) is 6.54 Å². The van der Waals surface area contributed by atoms with Gasteiger partial charge in [0, 0.05) is 13.1 Å². The number of ether oxygens (including phenoxy) is 1. The fourth-order valence-corrected chi connectivity index (χ4v) is 0.912. The summed E-state index contributed by atoms with van der Waals surface area (Å²) in [5, 5.41) is 2.72. The van der Waals surface area contributed by atoms with Crippen LogP contribution in [0.3, 0.4) is 0 Å². The molecule has 0 aromatic heterocycles. The molecule has 0 spiro atoms. The normalized spacial score (nSPS) is 12.9. The van der Waals surface area contributed by atoms with Crippen molar-refractivity contribution in [3.05, 3.63) is 0 Å². The second-order valence-corrected chi connectivity index (χ2v) is 3.72. The zero-order valence-corrected chi connectivity index (χ0v) is 9.95. The molecule has 15 heavy (non-hydrogen) atoms. The Hall–Kier alpha value is -0.650. The van der Waals surface area contributed by atoms with Crippen LogP contribution in [0.5, 0.6) is 0 Å². The van der Waals surface area contributed by atoms with E-state index in [0.29, 0.717) is 26.2 Å². The van der Waals surface area contributed by atoms with Crippen LogP contribution >= 0.6 is 0 Å². The van der Waals surface area contributed by atoms with Crippen molar-refractivity contribution in [2.45, 2.75) is 19.4 Å². The average Bonchev–Trinajstić information content (AvgIpc) is 2.21. The molecule has 0 radical (unpaired) electrons. The van der Waals surface area contributed by atoms with Gasteiger partial charge in [0.25, 0.3) is 0 Å². The average molecular weight is 217 g/mol. The Labute approximate surface area is 91.9 Å². The highest BCUT2D eigenvalue weighted by atomic mass is 16.5. The van der Waals surface area contributed by atoms with Crippen LogP contribution in [0, 0.1) is 0 Å². The monoisotopic (exact) mass is 217 g/mol. The van der Waals surface area contributed by atoms with E-state index in [9.17, 15) is 4.79 Å². The topological polar surface area (TPSA) is 67.6 Å². The van der Waals surface area contributed by atoms with Crippen molar-refractivity contribution in [3.8, 4) is 0 Å². The van der Waals surface area contributed by atoms with Gasteiger partial charge in [-0.1, -0.05) is 6.92 Å². The van der Waals surface area contributed by atoms with E-state index in [2.05, 4.69) is 5.32 Å². The fraction of sp³-hybridized carbons (Fsp3) is 0.900. The van der Waals surface area contributed by atoms with Crippen molar-refractivity contribution in [1.29, 1.82) is 0 Å². The number of nitrogens with zero attached hydrogens (tertiary/aromatic N) is 1. The van der Waals surface area contributed by atoms with Gasteiger partial charge in [-0.05, 0) is 20.5 Å². The Morgan fingerprint density at radius 1 is 1.47 bits per heavy atom. The lowest BCUT2D eigenvalue weighted by atomic mass is 10.2. The molecule has 5 nitrogen and oxygen atoms in total. The van der Waals surface area contributed by atoms with Gasteiger partial charge >= 0.3 is 0 Å². The summed E-state index contributed by atoms with van der Waals surface area (Å²) in [7, 11) is 3.98. The van der Waals surface area contributed by atoms with Gasteiger partial charge in [-0.25, -0.2) is 0 Å². The summed E-state index contributed by atoms with van der Waals surface area (Å²) < 4.78 is 5.31. The minimum atomic E-state index is -0.397. The Bertz CT molecular complexity index is 174. The van der Waals surface area contributed by atoms with E-state index < -0.39 is 6.04 Å². The Balaban J connectivity index is 3.27. The van der Waals surface area contributed by atoms with Crippen molar-refractivity contribution in [2.75, 3.05) is 40.4 Å². The van der Waals surface area contributed by atoms with Gasteiger partial charge in [0.15, 0.2) is 0 Å². The zero-order valence-electron chi connectivity index (χ0n) is 9.95. The van der Waals surface area contributed by atoms with Crippen LogP contribution in [0.1, 0.15) is 13.3 Å². The first kappa shape index (κ1) is 14.3. The van der Waals surface area contributed by atoms with E-state index in [1.54, 1.807) is 0 Å². The van der Waals surface area contributed by atoms with E-state index in [1.165, 1.54) is 0 Å². The Kier molecular flexibility index (Phi) is 8.27. The fourth-order valence-electron chi connectivity index (χ4n) is 0.912. The third-order valence-electron chi connectivity index (χ3n) is 2.01. The highest BCUT2D eigenvalue weighted by Crippen LogP contribution is 1.85. The molecule has 5 heteroatoms. The number of likely N-dealkylation sites (N-methyl/N-ethyl adjacent to an activating group) is 1. The number of rotatable bonds is 8. The largest absolute Gasteiger partial charge is 0.378 e. The molecule has 1 atom stereocenters.